The number of hydrogen-bond acceptors (Lipinski definition) is 1. The molecule has 0 aliphatic rings. The Hall–Kier alpha value is -1.97. The lowest BCUT2D eigenvalue weighted by Crippen LogP contribution is -2.05. The number of hydrogen-bond donors (Lipinski definition) is 1. The molecule has 0 aliphatic heterocycles. The molecule has 0 unspecified atom stereocenters. The van der Waals surface area contributed by atoms with Gasteiger partial charge in [0.2, 0.25) is 0 Å². The van der Waals surface area contributed by atoms with Gasteiger partial charge < -0.3 is 5.73 Å². The molecule has 0 heterocycles. The van der Waals surface area contributed by atoms with Gasteiger partial charge in [-0.2, -0.15) is 13.2 Å². The number of aryl methyl sites for hydroxylation is 2. The van der Waals surface area contributed by atoms with Crippen molar-refractivity contribution >= 4 is 5.69 Å². The van der Waals surface area contributed by atoms with Crippen LogP contribution in [0.2, 0.25) is 0 Å². The Morgan fingerprint density at radius 1 is 0.895 bits per heavy atom. The van der Waals surface area contributed by atoms with E-state index < -0.39 is 11.7 Å². The highest BCUT2D eigenvalue weighted by molar-refractivity contribution is 5.79. The number of rotatable bonds is 1. The van der Waals surface area contributed by atoms with Crippen LogP contribution >= 0.6 is 0 Å². The summed E-state index contributed by atoms with van der Waals surface area (Å²) >= 11 is 0. The Balaban J connectivity index is 2.55. The third kappa shape index (κ3) is 2.72. The summed E-state index contributed by atoms with van der Waals surface area (Å²) in [5, 5.41) is 0. The predicted molar refractivity (Wildman–Crippen MR) is 70.8 cm³/mol. The van der Waals surface area contributed by atoms with E-state index in [1.165, 1.54) is 6.07 Å². The summed E-state index contributed by atoms with van der Waals surface area (Å²) in [6.07, 6.45) is -4.32. The van der Waals surface area contributed by atoms with Gasteiger partial charge in [-0.3, -0.25) is 0 Å². The van der Waals surface area contributed by atoms with Crippen LogP contribution in [-0.4, -0.2) is 0 Å². The largest absolute Gasteiger partial charge is 0.416 e. The van der Waals surface area contributed by atoms with Crippen LogP contribution < -0.4 is 5.73 Å². The first-order valence-electron chi connectivity index (χ1n) is 5.83. The number of alkyl halides is 3. The van der Waals surface area contributed by atoms with Gasteiger partial charge in [0.15, 0.2) is 0 Å². The van der Waals surface area contributed by atoms with Crippen LogP contribution in [0.15, 0.2) is 36.4 Å². The number of halogens is 3. The van der Waals surface area contributed by atoms with Gasteiger partial charge in [-0.15, -0.1) is 0 Å². The Morgan fingerprint density at radius 3 is 2.16 bits per heavy atom. The van der Waals surface area contributed by atoms with Crippen molar-refractivity contribution in [3.8, 4) is 11.1 Å². The summed E-state index contributed by atoms with van der Waals surface area (Å²) in [4.78, 5) is 0. The van der Waals surface area contributed by atoms with Gasteiger partial charge in [0.05, 0.1) is 5.56 Å². The number of nitrogens with two attached hydrogens (primary N) is 1. The van der Waals surface area contributed by atoms with E-state index in [2.05, 4.69) is 0 Å². The van der Waals surface area contributed by atoms with Crippen LogP contribution in [0.4, 0.5) is 18.9 Å². The fraction of sp³-hybridized carbons (Fsp3) is 0.200. The van der Waals surface area contributed by atoms with Crippen LogP contribution in [0, 0.1) is 13.8 Å². The third-order valence-corrected chi connectivity index (χ3v) is 3.05. The normalized spacial score (nSPS) is 11.6. The van der Waals surface area contributed by atoms with Crippen LogP contribution in [0.25, 0.3) is 11.1 Å². The Morgan fingerprint density at radius 2 is 1.58 bits per heavy atom. The maximum Gasteiger partial charge on any atom is 0.416 e. The molecular weight excluding hydrogens is 251 g/mol. The first kappa shape index (κ1) is 13.5. The zero-order valence-electron chi connectivity index (χ0n) is 10.7. The highest BCUT2D eigenvalue weighted by Crippen LogP contribution is 2.35. The molecule has 100 valence electrons. The summed E-state index contributed by atoms with van der Waals surface area (Å²) in [5.74, 6) is 0. The van der Waals surface area contributed by atoms with Crippen molar-refractivity contribution in [3.05, 3.63) is 53.1 Å². The lowest BCUT2D eigenvalue weighted by atomic mass is 9.96. The molecule has 0 spiro atoms. The average molecular weight is 265 g/mol. The second-order valence-electron chi connectivity index (χ2n) is 4.62. The second kappa shape index (κ2) is 4.61. The highest BCUT2D eigenvalue weighted by atomic mass is 19.4. The molecule has 2 rings (SSSR count). The first-order valence-corrected chi connectivity index (χ1v) is 5.83. The van der Waals surface area contributed by atoms with E-state index in [1.807, 2.05) is 19.1 Å². The van der Waals surface area contributed by atoms with E-state index in [0.29, 0.717) is 11.3 Å². The van der Waals surface area contributed by atoms with Crippen molar-refractivity contribution in [1.82, 2.24) is 0 Å². The summed E-state index contributed by atoms with van der Waals surface area (Å²) in [5.41, 5.74) is 8.90. The van der Waals surface area contributed by atoms with Gasteiger partial charge in [-0.05, 0) is 49.2 Å². The molecule has 0 bridgehead atoms. The summed E-state index contributed by atoms with van der Waals surface area (Å²) in [7, 11) is 0. The van der Waals surface area contributed by atoms with Crippen molar-refractivity contribution in [2.24, 2.45) is 0 Å². The van der Waals surface area contributed by atoms with Crippen LogP contribution in [0.1, 0.15) is 16.7 Å². The Kier molecular flexibility index (Phi) is 3.27. The molecule has 0 saturated carbocycles. The lowest BCUT2D eigenvalue weighted by molar-refractivity contribution is -0.137. The van der Waals surface area contributed by atoms with E-state index in [1.54, 1.807) is 13.0 Å². The molecule has 0 aromatic heterocycles. The van der Waals surface area contributed by atoms with Crippen molar-refractivity contribution < 1.29 is 13.2 Å². The third-order valence-electron chi connectivity index (χ3n) is 3.05. The molecule has 2 aromatic rings. The molecule has 1 nitrogen and oxygen atoms in total. The molecule has 0 fully saturated rings. The van der Waals surface area contributed by atoms with E-state index in [0.717, 1.165) is 28.8 Å². The van der Waals surface area contributed by atoms with Crippen LogP contribution in [0.5, 0.6) is 0 Å². The average Bonchev–Trinajstić information content (AvgIpc) is 2.31. The molecule has 0 atom stereocenters. The van der Waals surface area contributed by atoms with Gasteiger partial charge >= 0.3 is 6.18 Å². The molecule has 0 radical (unpaired) electrons. The van der Waals surface area contributed by atoms with E-state index in [9.17, 15) is 13.2 Å². The number of nitrogen functional groups attached to an aromatic ring is 1. The Labute approximate surface area is 109 Å². The minimum Gasteiger partial charge on any atom is -0.398 e. The van der Waals surface area contributed by atoms with Gasteiger partial charge in [0.1, 0.15) is 0 Å². The summed E-state index contributed by atoms with van der Waals surface area (Å²) in [6, 6.07) is 9.23. The summed E-state index contributed by atoms with van der Waals surface area (Å²) < 4.78 is 37.9. The minimum atomic E-state index is -4.32. The predicted octanol–water partition coefficient (Wildman–Crippen LogP) is 4.57. The highest BCUT2D eigenvalue weighted by Gasteiger charge is 2.30. The van der Waals surface area contributed by atoms with Gasteiger partial charge in [0.25, 0.3) is 0 Å². The van der Waals surface area contributed by atoms with Gasteiger partial charge in [-0.1, -0.05) is 17.7 Å². The first-order chi connectivity index (χ1) is 8.79. The molecule has 0 amide bonds. The topological polar surface area (TPSA) is 26.0 Å². The molecule has 19 heavy (non-hydrogen) atoms. The molecule has 0 aliphatic carbocycles. The molecule has 4 heteroatoms. The molecule has 2 aromatic carbocycles. The molecule has 0 saturated heterocycles. The van der Waals surface area contributed by atoms with Crippen molar-refractivity contribution in [1.29, 1.82) is 0 Å². The van der Waals surface area contributed by atoms with Gasteiger partial charge in [0, 0.05) is 11.3 Å². The zero-order chi connectivity index (χ0) is 14.2. The van der Waals surface area contributed by atoms with Crippen molar-refractivity contribution in [2.75, 3.05) is 5.73 Å². The SMILES string of the molecule is Cc1ccc(N)c(-c2ccc(C(F)(F)F)cc2C)c1. The van der Waals surface area contributed by atoms with Crippen LogP contribution in [0.3, 0.4) is 0 Å². The van der Waals surface area contributed by atoms with Crippen molar-refractivity contribution in [2.45, 2.75) is 20.0 Å². The van der Waals surface area contributed by atoms with Crippen LogP contribution in [-0.2, 0) is 6.18 Å². The van der Waals surface area contributed by atoms with E-state index >= 15 is 0 Å². The second-order valence-corrected chi connectivity index (χ2v) is 4.62. The maximum absolute atomic E-state index is 12.6. The summed E-state index contributed by atoms with van der Waals surface area (Å²) in [6.45, 7) is 3.58. The van der Waals surface area contributed by atoms with Crippen molar-refractivity contribution in [3.63, 3.8) is 0 Å². The minimum absolute atomic E-state index is 0.562. The standard InChI is InChI=1S/C15H14F3N/c1-9-3-6-14(19)13(7-9)12-5-4-11(8-10(12)2)15(16,17)18/h3-8H,19H2,1-2H3. The Bertz CT molecular complexity index is 615. The monoisotopic (exact) mass is 265 g/mol. The number of benzene rings is 2. The zero-order valence-corrected chi connectivity index (χ0v) is 10.7. The fourth-order valence-electron chi connectivity index (χ4n) is 2.05. The lowest BCUT2D eigenvalue weighted by Gasteiger charge is -2.13. The smallest absolute Gasteiger partial charge is 0.398 e. The molecular formula is C15H14F3N. The maximum atomic E-state index is 12.6. The van der Waals surface area contributed by atoms with E-state index in [-0.39, 0.29) is 0 Å². The number of anilines is 1. The quantitative estimate of drug-likeness (QED) is 0.751. The molecule has 2 N–H and O–H groups in total. The van der Waals surface area contributed by atoms with Gasteiger partial charge in [-0.25, -0.2) is 0 Å². The fourth-order valence-corrected chi connectivity index (χ4v) is 2.05. The van der Waals surface area contributed by atoms with E-state index in [4.69, 9.17) is 5.73 Å².